The molecule has 21 heavy (non-hydrogen) atoms. The Morgan fingerprint density at radius 1 is 1.19 bits per heavy atom. The van der Waals surface area contributed by atoms with E-state index in [9.17, 15) is 13.6 Å². The Bertz CT molecular complexity index is 647. The zero-order valence-electron chi connectivity index (χ0n) is 10.5. The van der Waals surface area contributed by atoms with Gasteiger partial charge in [-0.2, -0.15) is 8.78 Å². The molecule has 2 rings (SSSR count). The van der Waals surface area contributed by atoms with Crippen LogP contribution in [-0.2, 0) is 0 Å². The van der Waals surface area contributed by atoms with Crippen molar-refractivity contribution >= 4 is 28.9 Å². The number of aromatic carboxylic acids is 1. The topological polar surface area (TPSA) is 58.6 Å². The van der Waals surface area contributed by atoms with Gasteiger partial charge in [-0.1, -0.05) is 11.6 Å². The highest BCUT2D eigenvalue weighted by Gasteiger charge is 2.11. The van der Waals surface area contributed by atoms with E-state index >= 15 is 0 Å². The molecule has 7 heteroatoms. The van der Waals surface area contributed by atoms with Crippen LogP contribution in [0.5, 0.6) is 5.75 Å². The van der Waals surface area contributed by atoms with Crippen LogP contribution in [0.15, 0.2) is 42.5 Å². The van der Waals surface area contributed by atoms with E-state index in [1.807, 2.05) is 0 Å². The minimum absolute atomic E-state index is 0.00964. The predicted octanol–water partition coefficient (Wildman–Crippen LogP) is 4.38. The van der Waals surface area contributed by atoms with E-state index in [0.717, 1.165) is 0 Å². The van der Waals surface area contributed by atoms with Gasteiger partial charge in [0.25, 0.3) is 0 Å². The van der Waals surface area contributed by atoms with E-state index in [1.165, 1.54) is 36.4 Å². The Morgan fingerprint density at radius 2 is 1.86 bits per heavy atom. The lowest BCUT2D eigenvalue weighted by Crippen LogP contribution is -2.03. The molecule has 110 valence electrons. The number of benzene rings is 2. The first-order valence-corrected chi connectivity index (χ1v) is 6.18. The van der Waals surface area contributed by atoms with Crippen molar-refractivity contribution in [1.82, 2.24) is 0 Å². The van der Waals surface area contributed by atoms with Gasteiger partial charge in [0.05, 0.1) is 11.3 Å². The summed E-state index contributed by atoms with van der Waals surface area (Å²) in [6.07, 6.45) is 0. The highest BCUT2D eigenvalue weighted by atomic mass is 35.5. The van der Waals surface area contributed by atoms with E-state index in [2.05, 4.69) is 10.1 Å². The average Bonchev–Trinajstić information content (AvgIpc) is 2.42. The minimum atomic E-state index is -2.89. The molecule has 0 aliphatic heterocycles. The maximum absolute atomic E-state index is 12.0. The third-order valence-corrected chi connectivity index (χ3v) is 2.81. The average molecular weight is 314 g/mol. The van der Waals surface area contributed by atoms with Gasteiger partial charge in [0.1, 0.15) is 5.75 Å². The maximum atomic E-state index is 12.0. The Kier molecular flexibility index (Phi) is 4.59. The molecule has 0 radical (unpaired) electrons. The summed E-state index contributed by atoms with van der Waals surface area (Å²) in [5, 5.41) is 12.3. The molecule has 2 aromatic rings. The van der Waals surface area contributed by atoms with E-state index in [1.54, 1.807) is 6.07 Å². The summed E-state index contributed by atoms with van der Waals surface area (Å²) < 4.78 is 28.3. The standard InChI is InChI=1S/C14H10ClF2NO3/c15-8-1-6-12(11(7-8)13(19)20)18-9-2-4-10(5-3-9)21-14(16)17/h1-7,14,18H,(H,19,20). The predicted molar refractivity (Wildman–Crippen MR) is 74.8 cm³/mol. The number of carboxylic acids is 1. The van der Waals surface area contributed by atoms with Crippen molar-refractivity contribution in [3.8, 4) is 5.75 Å². The summed E-state index contributed by atoms with van der Waals surface area (Å²) in [5.74, 6) is -1.11. The number of hydrogen-bond donors (Lipinski definition) is 2. The number of carbonyl (C=O) groups is 1. The van der Waals surface area contributed by atoms with Crippen LogP contribution in [-0.4, -0.2) is 17.7 Å². The number of nitrogens with one attached hydrogen (secondary N) is 1. The number of halogens is 3. The Labute approximate surface area is 123 Å². The molecule has 0 heterocycles. The zero-order chi connectivity index (χ0) is 15.4. The molecule has 0 unspecified atom stereocenters. The van der Waals surface area contributed by atoms with Crippen molar-refractivity contribution in [2.24, 2.45) is 0 Å². The van der Waals surface area contributed by atoms with Gasteiger partial charge in [-0.3, -0.25) is 0 Å². The fraction of sp³-hybridized carbons (Fsp3) is 0.0714. The molecule has 0 fully saturated rings. The molecule has 2 aromatic carbocycles. The van der Waals surface area contributed by atoms with Gasteiger partial charge < -0.3 is 15.2 Å². The molecule has 0 aliphatic rings. The summed E-state index contributed by atoms with van der Waals surface area (Å²) in [7, 11) is 0. The van der Waals surface area contributed by atoms with Gasteiger partial charge in [-0.15, -0.1) is 0 Å². The van der Waals surface area contributed by atoms with E-state index < -0.39 is 12.6 Å². The number of rotatable bonds is 5. The lowest BCUT2D eigenvalue weighted by molar-refractivity contribution is -0.0498. The molecule has 0 bridgehead atoms. The zero-order valence-corrected chi connectivity index (χ0v) is 11.3. The van der Waals surface area contributed by atoms with Gasteiger partial charge in [-0.25, -0.2) is 4.79 Å². The molecule has 0 aliphatic carbocycles. The second-order valence-corrected chi connectivity index (χ2v) is 4.46. The van der Waals surface area contributed by atoms with Gasteiger partial charge in [0.2, 0.25) is 0 Å². The van der Waals surface area contributed by atoms with Crippen molar-refractivity contribution in [3.63, 3.8) is 0 Å². The summed E-state index contributed by atoms with van der Waals surface area (Å²) in [6.45, 7) is -2.89. The fourth-order valence-electron chi connectivity index (χ4n) is 1.68. The van der Waals surface area contributed by atoms with Crippen LogP contribution in [0.25, 0.3) is 0 Å². The number of ether oxygens (including phenoxy) is 1. The third kappa shape index (κ3) is 4.06. The molecule has 0 aromatic heterocycles. The Morgan fingerprint density at radius 3 is 2.43 bits per heavy atom. The van der Waals surface area contributed by atoms with Crippen LogP contribution in [0.3, 0.4) is 0 Å². The third-order valence-electron chi connectivity index (χ3n) is 2.57. The second-order valence-electron chi connectivity index (χ2n) is 4.02. The van der Waals surface area contributed by atoms with Crippen molar-refractivity contribution in [2.45, 2.75) is 6.61 Å². The van der Waals surface area contributed by atoms with Gasteiger partial charge in [0, 0.05) is 10.7 Å². The lowest BCUT2D eigenvalue weighted by Gasteiger charge is -2.11. The SMILES string of the molecule is O=C(O)c1cc(Cl)ccc1Nc1ccc(OC(F)F)cc1. The number of hydrogen-bond acceptors (Lipinski definition) is 3. The smallest absolute Gasteiger partial charge is 0.387 e. The number of carboxylic acid groups (broad SMARTS) is 1. The van der Waals surface area contributed by atoms with Crippen LogP contribution in [0.1, 0.15) is 10.4 Å². The van der Waals surface area contributed by atoms with Gasteiger partial charge in [-0.05, 0) is 42.5 Å². The van der Waals surface area contributed by atoms with Crippen LogP contribution in [0.2, 0.25) is 5.02 Å². The van der Waals surface area contributed by atoms with Gasteiger partial charge >= 0.3 is 12.6 Å². The molecular weight excluding hydrogens is 304 g/mol. The molecule has 4 nitrogen and oxygen atoms in total. The first kappa shape index (κ1) is 15.1. The largest absolute Gasteiger partial charge is 0.478 e. The van der Waals surface area contributed by atoms with Crippen molar-refractivity contribution in [1.29, 1.82) is 0 Å². The first-order valence-electron chi connectivity index (χ1n) is 5.80. The summed E-state index contributed by atoms with van der Waals surface area (Å²) >= 11 is 5.75. The normalized spacial score (nSPS) is 10.5. The van der Waals surface area contributed by atoms with Crippen LogP contribution < -0.4 is 10.1 Å². The minimum Gasteiger partial charge on any atom is -0.478 e. The molecule has 2 N–H and O–H groups in total. The van der Waals surface area contributed by atoms with Crippen LogP contribution >= 0.6 is 11.6 Å². The van der Waals surface area contributed by atoms with Crippen molar-refractivity contribution in [3.05, 3.63) is 53.1 Å². The van der Waals surface area contributed by atoms with E-state index in [4.69, 9.17) is 16.7 Å². The van der Waals surface area contributed by atoms with E-state index in [0.29, 0.717) is 16.4 Å². The van der Waals surface area contributed by atoms with Crippen LogP contribution in [0.4, 0.5) is 20.2 Å². The van der Waals surface area contributed by atoms with Crippen molar-refractivity contribution < 1.29 is 23.4 Å². The number of anilines is 2. The quantitative estimate of drug-likeness (QED) is 0.860. The molecule has 0 amide bonds. The monoisotopic (exact) mass is 313 g/mol. The molecule has 0 saturated carbocycles. The summed E-state index contributed by atoms with van der Waals surface area (Å²) in [6, 6.07) is 10.1. The lowest BCUT2D eigenvalue weighted by atomic mass is 10.1. The Balaban J connectivity index is 2.20. The first-order chi connectivity index (χ1) is 9.95. The Hall–Kier alpha value is -2.34. The van der Waals surface area contributed by atoms with Gasteiger partial charge in [0.15, 0.2) is 0 Å². The molecule has 0 saturated heterocycles. The number of alkyl halides is 2. The highest BCUT2D eigenvalue weighted by Crippen LogP contribution is 2.26. The summed E-state index contributed by atoms with van der Waals surface area (Å²) in [4.78, 5) is 11.1. The summed E-state index contributed by atoms with van der Waals surface area (Å²) in [5.41, 5.74) is 0.881. The highest BCUT2D eigenvalue weighted by molar-refractivity contribution is 6.31. The second kappa shape index (κ2) is 6.41. The molecule has 0 atom stereocenters. The molecular formula is C14H10ClF2NO3. The van der Waals surface area contributed by atoms with Crippen LogP contribution in [0, 0.1) is 0 Å². The fourth-order valence-corrected chi connectivity index (χ4v) is 1.85. The van der Waals surface area contributed by atoms with E-state index in [-0.39, 0.29) is 11.3 Å². The van der Waals surface area contributed by atoms with Crippen molar-refractivity contribution in [2.75, 3.05) is 5.32 Å². The maximum Gasteiger partial charge on any atom is 0.387 e. The molecule has 0 spiro atoms.